The number of nitrogens with zero attached hydrogens (tertiary/aromatic N) is 2. The van der Waals surface area contributed by atoms with E-state index in [-0.39, 0.29) is 17.6 Å². The molecule has 1 saturated heterocycles. The summed E-state index contributed by atoms with van der Waals surface area (Å²) in [6.45, 7) is 0.873. The predicted molar refractivity (Wildman–Crippen MR) is 99.4 cm³/mol. The highest BCUT2D eigenvalue weighted by molar-refractivity contribution is 5.75. The minimum Gasteiger partial charge on any atom is -0.465 e. The van der Waals surface area contributed by atoms with Gasteiger partial charge in [-0.3, -0.25) is 4.57 Å². The van der Waals surface area contributed by atoms with Crippen molar-refractivity contribution in [2.75, 3.05) is 13.1 Å². The number of aromatic amines is 1. The van der Waals surface area contributed by atoms with E-state index in [0.29, 0.717) is 19.5 Å². The molecule has 134 valence electrons. The summed E-state index contributed by atoms with van der Waals surface area (Å²) in [6, 6.07) is 17.7. The average Bonchev–Trinajstić information content (AvgIpc) is 2.98. The molecule has 1 amide bonds. The first-order valence-electron chi connectivity index (χ1n) is 8.84. The van der Waals surface area contributed by atoms with E-state index in [1.807, 2.05) is 47.0 Å². The Kier molecular flexibility index (Phi) is 4.24. The highest BCUT2D eigenvalue weighted by atomic mass is 16.4. The lowest BCUT2D eigenvalue weighted by atomic mass is 9.86. The molecule has 1 aliphatic rings. The lowest BCUT2D eigenvalue weighted by Crippen LogP contribution is -2.46. The summed E-state index contributed by atoms with van der Waals surface area (Å²) >= 11 is 0. The standard InChI is InChI=1S/C20H21N3O3/c24-19-21-16-8-4-5-9-18(16)23(19)17-10-11-22(20(25)26)13-15(17)12-14-6-2-1-3-7-14/h1-9,15,17H,10-13H2,(H,21,24)(H,25,26). The Balaban J connectivity index is 1.73. The molecule has 6 heteroatoms. The normalized spacial score (nSPS) is 20.4. The van der Waals surface area contributed by atoms with E-state index in [0.717, 1.165) is 23.0 Å². The molecular formula is C20H21N3O3. The van der Waals surface area contributed by atoms with E-state index in [1.54, 1.807) is 0 Å². The van der Waals surface area contributed by atoms with Gasteiger partial charge in [0.2, 0.25) is 0 Å². The first-order chi connectivity index (χ1) is 12.6. The lowest BCUT2D eigenvalue weighted by molar-refractivity contribution is 0.0988. The summed E-state index contributed by atoms with van der Waals surface area (Å²) in [4.78, 5) is 28.5. The molecule has 0 radical (unpaired) electrons. The van der Waals surface area contributed by atoms with E-state index in [2.05, 4.69) is 17.1 Å². The van der Waals surface area contributed by atoms with Crippen molar-refractivity contribution in [3.63, 3.8) is 0 Å². The van der Waals surface area contributed by atoms with Crippen molar-refractivity contribution in [3.8, 4) is 0 Å². The number of para-hydroxylation sites is 2. The number of nitrogens with one attached hydrogen (secondary N) is 1. The summed E-state index contributed by atoms with van der Waals surface area (Å²) in [5, 5.41) is 9.42. The summed E-state index contributed by atoms with van der Waals surface area (Å²) < 4.78 is 1.82. The summed E-state index contributed by atoms with van der Waals surface area (Å²) in [7, 11) is 0. The molecule has 2 aromatic carbocycles. The molecule has 2 atom stereocenters. The number of aromatic nitrogens is 2. The molecule has 2 heterocycles. The maximum Gasteiger partial charge on any atom is 0.407 e. The molecule has 6 nitrogen and oxygen atoms in total. The molecule has 0 bridgehead atoms. The number of H-pyrrole nitrogens is 1. The van der Waals surface area contributed by atoms with Crippen LogP contribution >= 0.6 is 0 Å². The number of hydrogen-bond donors (Lipinski definition) is 2. The first kappa shape index (κ1) is 16.4. The zero-order valence-corrected chi connectivity index (χ0v) is 14.3. The average molecular weight is 351 g/mol. The van der Waals surface area contributed by atoms with Gasteiger partial charge < -0.3 is 15.0 Å². The maximum absolute atomic E-state index is 12.6. The van der Waals surface area contributed by atoms with Crippen LogP contribution in [-0.4, -0.2) is 38.7 Å². The van der Waals surface area contributed by atoms with Crippen molar-refractivity contribution in [1.29, 1.82) is 0 Å². The number of fused-ring (bicyclic) bond motifs is 1. The predicted octanol–water partition coefficient (Wildman–Crippen LogP) is 3.11. The Morgan fingerprint density at radius 2 is 1.85 bits per heavy atom. The minimum absolute atomic E-state index is 0.0329. The van der Waals surface area contributed by atoms with Crippen LogP contribution in [0, 0.1) is 5.92 Å². The molecule has 1 fully saturated rings. The third-order valence-electron chi connectivity index (χ3n) is 5.26. The van der Waals surface area contributed by atoms with Crippen molar-refractivity contribution in [2.24, 2.45) is 5.92 Å². The molecule has 2 unspecified atom stereocenters. The molecule has 26 heavy (non-hydrogen) atoms. The van der Waals surface area contributed by atoms with E-state index < -0.39 is 6.09 Å². The van der Waals surface area contributed by atoms with Crippen molar-refractivity contribution in [1.82, 2.24) is 14.5 Å². The topological polar surface area (TPSA) is 78.3 Å². The fraction of sp³-hybridized carbons (Fsp3) is 0.300. The SMILES string of the molecule is O=C(O)N1CCC(n2c(=O)[nH]c3ccccc32)C(Cc2ccccc2)C1. The summed E-state index contributed by atoms with van der Waals surface area (Å²) in [5.41, 5.74) is 2.72. The third-order valence-corrected chi connectivity index (χ3v) is 5.26. The Morgan fingerprint density at radius 1 is 1.12 bits per heavy atom. The molecule has 0 aliphatic carbocycles. The van der Waals surface area contributed by atoms with Crippen molar-refractivity contribution >= 4 is 17.1 Å². The number of rotatable bonds is 3. The Morgan fingerprint density at radius 3 is 2.62 bits per heavy atom. The zero-order valence-electron chi connectivity index (χ0n) is 14.3. The smallest absolute Gasteiger partial charge is 0.407 e. The van der Waals surface area contributed by atoms with Crippen molar-refractivity contribution in [3.05, 3.63) is 70.6 Å². The molecule has 0 spiro atoms. The fourth-order valence-electron chi connectivity index (χ4n) is 4.05. The second-order valence-electron chi connectivity index (χ2n) is 6.85. The van der Waals surface area contributed by atoms with Crippen LogP contribution in [0.3, 0.4) is 0 Å². The van der Waals surface area contributed by atoms with Gasteiger partial charge in [0.25, 0.3) is 0 Å². The minimum atomic E-state index is -0.896. The summed E-state index contributed by atoms with van der Waals surface area (Å²) in [5.74, 6) is 0.0409. The van der Waals surface area contributed by atoms with Crippen LogP contribution in [-0.2, 0) is 6.42 Å². The number of piperidine rings is 1. The van der Waals surface area contributed by atoms with Gasteiger partial charge in [-0.05, 0) is 30.5 Å². The number of carboxylic acid groups (broad SMARTS) is 1. The molecule has 0 saturated carbocycles. The van der Waals surface area contributed by atoms with E-state index >= 15 is 0 Å². The van der Waals surface area contributed by atoms with Gasteiger partial charge in [-0.2, -0.15) is 0 Å². The van der Waals surface area contributed by atoms with Crippen LogP contribution in [0.1, 0.15) is 18.0 Å². The number of hydrogen-bond acceptors (Lipinski definition) is 2. The van der Waals surface area contributed by atoms with Crippen LogP contribution in [0.4, 0.5) is 4.79 Å². The highest BCUT2D eigenvalue weighted by Crippen LogP contribution is 2.32. The van der Waals surface area contributed by atoms with Gasteiger partial charge in [0.05, 0.1) is 11.0 Å². The quantitative estimate of drug-likeness (QED) is 0.761. The zero-order chi connectivity index (χ0) is 18.1. The van der Waals surface area contributed by atoms with Crippen LogP contribution in [0.25, 0.3) is 11.0 Å². The van der Waals surface area contributed by atoms with Crippen LogP contribution in [0.5, 0.6) is 0 Å². The van der Waals surface area contributed by atoms with E-state index in [1.165, 1.54) is 4.90 Å². The lowest BCUT2D eigenvalue weighted by Gasteiger charge is -2.38. The van der Waals surface area contributed by atoms with Crippen molar-refractivity contribution in [2.45, 2.75) is 18.9 Å². The van der Waals surface area contributed by atoms with Crippen LogP contribution in [0.15, 0.2) is 59.4 Å². The second kappa shape index (κ2) is 6.71. The van der Waals surface area contributed by atoms with E-state index in [4.69, 9.17) is 0 Å². The van der Waals surface area contributed by atoms with Gasteiger partial charge in [0.1, 0.15) is 0 Å². The fourth-order valence-corrected chi connectivity index (χ4v) is 4.05. The Hall–Kier alpha value is -3.02. The van der Waals surface area contributed by atoms with Gasteiger partial charge in [0.15, 0.2) is 0 Å². The molecule has 3 aromatic rings. The molecule has 1 aliphatic heterocycles. The third kappa shape index (κ3) is 2.98. The van der Waals surface area contributed by atoms with Crippen molar-refractivity contribution < 1.29 is 9.90 Å². The monoisotopic (exact) mass is 351 g/mol. The molecule has 4 rings (SSSR count). The summed E-state index contributed by atoms with van der Waals surface area (Å²) in [6.07, 6.45) is 0.472. The van der Waals surface area contributed by atoms with Gasteiger partial charge in [-0.1, -0.05) is 42.5 Å². The Labute approximate surface area is 150 Å². The van der Waals surface area contributed by atoms with Crippen LogP contribution in [0.2, 0.25) is 0 Å². The molecule has 1 aromatic heterocycles. The number of benzene rings is 2. The number of imidazole rings is 1. The first-order valence-corrected chi connectivity index (χ1v) is 8.84. The van der Waals surface area contributed by atoms with Crippen LogP contribution < -0.4 is 5.69 Å². The molecular weight excluding hydrogens is 330 g/mol. The van der Waals surface area contributed by atoms with Gasteiger partial charge in [0, 0.05) is 25.0 Å². The number of amides is 1. The highest BCUT2D eigenvalue weighted by Gasteiger charge is 2.34. The van der Waals surface area contributed by atoms with Gasteiger partial charge >= 0.3 is 11.8 Å². The van der Waals surface area contributed by atoms with Gasteiger partial charge in [-0.25, -0.2) is 9.59 Å². The number of likely N-dealkylation sites (tertiary alicyclic amines) is 1. The second-order valence-corrected chi connectivity index (χ2v) is 6.85. The Bertz CT molecular complexity index is 977. The largest absolute Gasteiger partial charge is 0.465 e. The number of carbonyl (C=O) groups is 1. The van der Waals surface area contributed by atoms with E-state index in [9.17, 15) is 14.7 Å². The maximum atomic E-state index is 12.6. The van der Waals surface area contributed by atoms with Gasteiger partial charge in [-0.15, -0.1) is 0 Å². The molecule has 2 N–H and O–H groups in total.